The molecule has 0 saturated heterocycles. The maximum absolute atomic E-state index is 12.4. The number of rotatable bonds is 2. The van der Waals surface area contributed by atoms with E-state index in [0.717, 1.165) is 24.0 Å². The van der Waals surface area contributed by atoms with Crippen LogP contribution in [0.3, 0.4) is 0 Å². The number of carbonyl (C=O) groups is 2. The van der Waals surface area contributed by atoms with Crippen molar-refractivity contribution in [3.05, 3.63) is 52.8 Å². The summed E-state index contributed by atoms with van der Waals surface area (Å²) in [5.74, 6) is -0.00972. The van der Waals surface area contributed by atoms with Gasteiger partial charge in [0.2, 0.25) is 0 Å². The number of hydrogen-bond acceptors (Lipinski definition) is 3. The van der Waals surface area contributed by atoms with Crippen LogP contribution in [0.25, 0.3) is 0 Å². The van der Waals surface area contributed by atoms with E-state index in [1.165, 1.54) is 0 Å². The minimum absolute atomic E-state index is 0.00972. The molecule has 3 rings (SSSR count). The summed E-state index contributed by atoms with van der Waals surface area (Å²) in [4.78, 5) is 28.0. The van der Waals surface area contributed by atoms with E-state index in [0.29, 0.717) is 30.0 Å². The van der Waals surface area contributed by atoms with Gasteiger partial charge in [0, 0.05) is 36.5 Å². The molecular weight excluding hydrogens is 278 g/mol. The average Bonchev–Trinajstić information content (AvgIpc) is 2.99. The highest BCUT2D eigenvalue weighted by Gasteiger charge is 2.23. The zero-order valence-electron chi connectivity index (χ0n) is 12.9. The number of aromatic nitrogens is 1. The van der Waals surface area contributed by atoms with Crippen LogP contribution in [-0.2, 0) is 13.0 Å². The van der Waals surface area contributed by atoms with E-state index in [1.54, 1.807) is 29.2 Å². The average molecular weight is 299 g/mol. The maximum atomic E-state index is 12.4. The fraction of sp³-hybridized carbons (Fsp3) is 0.294. The Labute approximate surface area is 130 Å². The molecule has 0 spiro atoms. The summed E-state index contributed by atoms with van der Waals surface area (Å²) in [6.45, 7) is 5.18. The Morgan fingerprint density at radius 3 is 2.59 bits per heavy atom. The Bertz CT molecular complexity index is 659. The number of nitrogens with one attached hydrogen (secondary N) is 1. The molecule has 2 aromatic rings. The molecule has 1 amide bonds. The smallest absolute Gasteiger partial charge is 0.254 e. The van der Waals surface area contributed by atoms with Crippen molar-refractivity contribution in [1.82, 2.24) is 9.88 Å². The van der Waals surface area contributed by atoms with E-state index in [-0.39, 0.29) is 5.91 Å². The lowest BCUT2D eigenvalue weighted by molar-refractivity contribution is 0.0734. The van der Waals surface area contributed by atoms with Crippen LogP contribution in [0.2, 0.25) is 0 Å². The number of benzene rings is 1. The zero-order chi connectivity index (χ0) is 16.1. The first-order chi connectivity index (χ1) is 10.7. The van der Waals surface area contributed by atoms with E-state index in [1.807, 2.05) is 19.9 Å². The van der Waals surface area contributed by atoms with Crippen LogP contribution in [0, 0.1) is 0 Å². The molecule has 0 saturated carbocycles. The molecule has 1 aromatic heterocycles. The van der Waals surface area contributed by atoms with Crippen LogP contribution >= 0.6 is 0 Å². The Morgan fingerprint density at radius 2 is 1.95 bits per heavy atom. The fourth-order valence-electron chi connectivity index (χ4n) is 2.51. The predicted molar refractivity (Wildman–Crippen MR) is 86.8 cm³/mol. The van der Waals surface area contributed by atoms with Gasteiger partial charge in [-0.3, -0.25) is 9.59 Å². The third-order valence-electron chi connectivity index (χ3n) is 3.58. The second-order valence-corrected chi connectivity index (χ2v) is 4.95. The highest BCUT2D eigenvalue weighted by Crippen LogP contribution is 2.21. The summed E-state index contributed by atoms with van der Waals surface area (Å²) in [5.41, 5.74) is 9.53. The number of amides is 1. The predicted octanol–water partition coefficient (Wildman–Crippen LogP) is 2.63. The number of aromatic amines is 1. The van der Waals surface area contributed by atoms with E-state index < -0.39 is 0 Å². The molecule has 116 valence electrons. The summed E-state index contributed by atoms with van der Waals surface area (Å²) in [7, 11) is 0. The summed E-state index contributed by atoms with van der Waals surface area (Å²) < 4.78 is 0. The van der Waals surface area contributed by atoms with E-state index >= 15 is 0 Å². The van der Waals surface area contributed by atoms with E-state index in [2.05, 4.69) is 4.98 Å². The maximum Gasteiger partial charge on any atom is 0.254 e. The van der Waals surface area contributed by atoms with Crippen molar-refractivity contribution in [2.45, 2.75) is 26.8 Å². The van der Waals surface area contributed by atoms with Crippen LogP contribution in [-0.4, -0.2) is 28.6 Å². The number of fused-ring (bicyclic) bond motifs is 1. The van der Waals surface area contributed by atoms with Gasteiger partial charge >= 0.3 is 0 Å². The molecule has 5 nitrogen and oxygen atoms in total. The van der Waals surface area contributed by atoms with Gasteiger partial charge in [-0.1, -0.05) is 13.8 Å². The zero-order valence-corrected chi connectivity index (χ0v) is 12.9. The van der Waals surface area contributed by atoms with Gasteiger partial charge in [-0.15, -0.1) is 0 Å². The molecule has 1 aliphatic heterocycles. The lowest BCUT2D eigenvalue weighted by atomic mass is 10.1. The Kier molecular flexibility index (Phi) is 4.99. The Hall–Kier alpha value is -2.56. The van der Waals surface area contributed by atoms with Gasteiger partial charge in [-0.25, -0.2) is 0 Å². The monoisotopic (exact) mass is 299 g/mol. The Morgan fingerprint density at radius 1 is 1.27 bits per heavy atom. The first-order valence-electron chi connectivity index (χ1n) is 7.48. The van der Waals surface area contributed by atoms with Gasteiger partial charge in [-0.05, 0) is 35.9 Å². The van der Waals surface area contributed by atoms with Crippen molar-refractivity contribution in [3.63, 3.8) is 0 Å². The molecule has 1 aromatic carbocycles. The van der Waals surface area contributed by atoms with Crippen molar-refractivity contribution >= 4 is 17.9 Å². The molecule has 0 fully saturated rings. The minimum atomic E-state index is -0.00972. The summed E-state index contributed by atoms with van der Waals surface area (Å²) in [5, 5.41) is 0. The second-order valence-electron chi connectivity index (χ2n) is 4.95. The molecular formula is C17H21N3O2. The quantitative estimate of drug-likeness (QED) is 0.661. The first kappa shape index (κ1) is 15.8. The topological polar surface area (TPSA) is 79.2 Å². The van der Waals surface area contributed by atoms with Crippen LogP contribution in [0.1, 0.15) is 46.0 Å². The molecule has 2 heterocycles. The first-order valence-corrected chi connectivity index (χ1v) is 7.48. The molecule has 0 aliphatic carbocycles. The highest BCUT2D eigenvalue weighted by atomic mass is 16.2. The van der Waals surface area contributed by atoms with Crippen LogP contribution in [0.15, 0.2) is 30.3 Å². The van der Waals surface area contributed by atoms with Crippen molar-refractivity contribution < 1.29 is 9.59 Å². The van der Waals surface area contributed by atoms with Gasteiger partial charge < -0.3 is 15.6 Å². The van der Waals surface area contributed by atoms with Gasteiger partial charge in [-0.2, -0.15) is 0 Å². The van der Waals surface area contributed by atoms with E-state index in [9.17, 15) is 9.59 Å². The van der Waals surface area contributed by atoms with Crippen molar-refractivity contribution in [1.29, 1.82) is 0 Å². The van der Waals surface area contributed by atoms with E-state index in [4.69, 9.17) is 5.73 Å². The van der Waals surface area contributed by atoms with Gasteiger partial charge in [0.1, 0.15) is 0 Å². The number of nitrogens with two attached hydrogens (primary N) is 1. The lowest BCUT2D eigenvalue weighted by Gasteiger charge is -2.27. The number of anilines is 1. The largest absolute Gasteiger partial charge is 0.399 e. The van der Waals surface area contributed by atoms with Gasteiger partial charge in [0.25, 0.3) is 5.91 Å². The molecule has 1 aliphatic rings. The number of nitrogens with zero attached hydrogens (tertiary/aromatic N) is 1. The number of hydrogen-bond donors (Lipinski definition) is 2. The normalized spacial score (nSPS) is 12.9. The van der Waals surface area contributed by atoms with Crippen LogP contribution in [0.5, 0.6) is 0 Å². The molecule has 0 atom stereocenters. The van der Waals surface area contributed by atoms with Crippen molar-refractivity contribution in [3.8, 4) is 0 Å². The highest BCUT2D eigenvalue weighted by molar-refractivity contribution is 5.94. The lowest BCUT2D eigenvalue weighted by Crippen LogP contribution is -2.35. The molecule has 22 heavy (non-hydrogen) atoms. The summed E-state index contributed by atoms with van der Waals surface area (Å²) in [6.07, 6.45) is 1.54. The van der Waals surface area contributed by atoms with Crippen LogP contribution in [0.4, 0.5) is 5.69 Å². The fourth-order valence-corrected chi connectivity index (χ4v) is 2.51. The minimum Gasteiger partial charge on any atom is -0.399 e. The third kappa shape index (κ3) is 3.19. The number of H-pyrrole nitrogens is 1. The summed E-state index contributed by atoms with van der Waals surface area (Å²) in [6, 6.07) is 8.74. The molecule has 0 unspecified atom stereocenters. The number of carbonyl (C=O) groups excluding carboxylic acids is 2. The van der Waals surface area contributed by atoms with Crippen LogP contribution < -0.4 is 5.73 Å². The Balaban J connectivity index is 0.000000847. The molecule has 3 N–H and O–H groups in total. The second kappa shape index (κ2) is 6.93. The van der Waals surface area contributed by atoms with Crippen molar-refractivity contribution in [2.24, 2.45) is 0 Å². The number of nitrogen functional groups attached to an aromatic ring is 1. The van der Waals surface area contributed by atoms with Gasteiger partial charge in [0.05, 0.1) is 5.69 Å². The molecule has 0 radical (unpaired) electrons. The SMILES string of the molecule is CC.Nc1ccc(C(=O)N2CCc3[nH]c(C=O)cc3C2)cc1. The number of aldehydes is 1. The summed E-state index contributed by atoms with van der Waals surface area (Å²) >= 11 is 0. The standard InChI is InChI=1S/C15H15N3O2.C2H6/c16-12-3-1-10(2-4-12)15(20)18-6-5-14-11(8-18)7-13(9-19)17-14;1-2/h1-4,7,9,17H,5-6,8,16H2;1-2H3. The van der Waals surface area contributed by atoms with Crippen molar-refractivity contribution in [2.75, 3.05) is 12.3 Å². The third-order valence-corrected chi connectivity index (χ3v) is 3.58. The van der Waals surface area contributed by atoms with Gasteiger partial charge in [0.15, 0.2) is 6.29 Å². The molecule has 0 bridgehead atoms. The molecule has 5 heteroatoms.